The summed E-state index contributed by atoms with van der Waals surface area (Å²) in [5.41, 5.74) is 1.70. The molecule has 1 aromatic carbocycles. The number of rotatable bonds is 2. The van der Waals surface area contributed by atoms with Gasteiger partial charge in [0.2, 0.25) is 5.95 Å². The molecule has 1 aliphatic rings. The second kappa shape index (κ2) is 5.50. The molecular formula is C14H19N5O. The summed E-state index contributed by atoms with van der Waals surface area (Å²) in [6.45, 7) is 5.74. The van der Waals surface area contributed by atoms with Crippen LogP contribution in [0.4, 0.5) is 5.95 Å². The highest BCUT2D eigenvalue weighted by Crippen LogP contribution is 2.24. The first-order valence-corrected chi connectivity index (χ1v) is 6.92. The highest BCUT2D eigenvalue weighted by molar-refractivity contribution is 5.60. The van der Waals surface area contributed by atoms with E-state index in [9.17, 15) is 5.11 Å². The number of aromatic hydroxyl groups is 1. The number of aryl methyl sites for hydroxylation is 1. The Kier molecular flexibility index (Phi) is 3.56. The van der Waals surface area contributed by atoms with Gasteiger partial charge in [-0.2, -0.15) is 4.98 Å². The summed E-state index contributed by atoms with van der Waals surface area (Å²) in [6.07, 6.45) is 1.09. The molecule has 1 aliphatic heterocycles. The average molecular weight is 273 g/mol. The first-order valence-electron chi connectivity index (χ1n) is 6.92. The van der Waals surface area contributed by atoms with Gasteiger partial charge in [0.05, 0.1) is 0 Å². The van der Waals surface area contributed by atoms with E-state index in [1.54, 1.807) is 6.07 Å². The van der Waals surface area contributed by atoms with Crippen molar-refractivity contribution in [3.63, 3.8) is 0 Å². The maximum atomic E-state index is 9.77. The van der Waals surface area contributed by atoms with Gasteiger partial charge in [0.1, 0.15) is 5.75 Å². The smallest absolute Gasteiger partial charge is 0.245 e. The van der Waals surface area contributed by atoms with Gasteiger partial charge >= 0.3 is 0 Å². The maximum Gasteiger partial charge on any atom is 0.245 e. The van der Waals surface area contributed by atoms with E-state index in [1.165, 1.54) is 0 Å². The highest BCUT2D eigenvalue weighted by atomic mass is 16.3. The molecule has 0 saturated carbocycles. The van der Waals surface area contributed by atoms with Gasteiger partial charge in [-0.25, -0.2) is 0 Å². The van der Waals surface area contributed by atoms with Crippen molar-refractivity contribution in [2.45, 2.75) is 13.3 Å². The van der Waals surface area contributed by atoms with Gasteiger partial charge in [-0.05, 0) is 31.5 Å². The number of nitrogens with zero attached hydrogens (tertiary/aromatic N) is 3. The molecule has 0 spiro atoms. The number of H-pyrrole nitrogens is 1. The van der Waals surface area contributed by atoms with E-state index >= 15 is 0 Å². The summed E-state index contributed by atoms with van der Waals surface area (Å²) < 4.78 is 0. The molecule has 2 aromatic rings. The van der Waals surface area contributed by atoms with E-state index < -0.39 is 0 Å². The van der Waals surface area contributed by atoms with Gasteiger partial charge in [0.15, 0.2) is 5.82 Å². The summed E-state index contributed by atoms with van der Waals surface area (Å²) in [5, 5.41) is 20.4. The Morgan fingerprint density at radius 2 is 2.15 bits per heavy atom. The van der Waals surface area contributed by atoms with Gasteiger partial charge in [0, 0.05) is 25.2 Å². The molecule has 0 amide bonds. The zero-order chi connectivity index (χ0) is 13.9. The summed E-state index contributed by atoms with van der Waals surface area (Å²) in [5.74, 6) is 1.69. The Morgan fingerprint density at radius 3 is 3.00 bits per heavy atom. The highest BCUT2D eigenvalue weighted by Gasteiger charge is 2.15. The summed E-state index contributed by atoms with van der Waals surface area (Å²) >= 11 is 0. The van der Waals surface area contributed by atoms with Gasteiger partial charge in [0.25, 0.3) is 0 Å². The topological polar surface area (TPSA) is 77.1 Å². The van der Waals surface area contributed by atoms with Crippen LogP contribution in [0.1, 0.15) is 12.0 Å². The van der Waals surface area contributed by atoms with Crippen molar-refractivity contribution in [2.75, 3.05) is 31.1 Å². The van der Waals surface area contributed by atoms with Crippen LogP contribution in [0.3, 0.4) is 0 Å². The molecule has 0 atom stereocenters. The van der Waals surface area contributed by atoms with E-state index in [1.807, 2.05) is 19.1 Å². The molecule has 2 heterocycles. The van der Waals surface area contributed by atoms with Crippen LogP contribution in [0, 0.1) is 6.92 Å². The number of aromatic amines is 1. The third-order valence-corrected chi connectivity index (χ3v) is 3.58. The van der Waals surface area contributed by atoms with E-state index in [2.05, 4.69) is 25.4 Å². The van der Waals surface area contributed by atoms with Crippen molar-refractivity contribution in [3.8, 4) is 17.1 Å². The number of benzene rings is 1. The molecule has 0 bridgehead atoms. The van der Waals surface area contributed by atoms with Gasteiger partial charge in [-0.3, -0.25) is 5.10 Å². The van der Waals surface area contributed by atoms with Gasteiger partial charge in [-0.1, -0.05) is 12.1 Å². The quantitative estimate of drug-likeness (QED) is 0.768. The predicted octanol–water partition coefficient (Wildman–Crippen LogP) is 1.29. The normalized spacial score (nSPS) is 16.1. The Morgan fingerprint density at radius 1 is 1.25 bits per heavy atom. The van der Waals surface area contributed by atoms with Crippen LogP contribution in [0.5, 0.6) is 5.75 Å². The number of phenols is 1. The lowest BCUT2D eigenvalue weighted by Gasteiger charge is -2.16. The van der Waals surface area contributed by atoms with Crippen molar-refractivity contribution < 1.29 is 5.11 Å². The van der Waals surface area contributed by atoms with Crippen molar-refractivity contribution >= 4 is 5.95 Å². The fourth-order valence-corrected chi connectivity index (χ4v) is 2.33. The van der Waals surface area contributed by atoms with Crippen LogP contribution in [-0.2, 0) is 0 Å². The minimum Gasteiger partial charge on any atom is -0.508 e. The Hall–Kier alpha value is -2.08. The molecule has 6 nitrogen and oxygen atoms in total. The second-order valence-corrected chi connectivity index (χ2v) is 5.08. The Labute approximate surface area is 117 Å². The molecule has 6 heteroatoms. The van der Waals surface area contributed by atoms with E-state index in [4.69, 9.17) is 0 Å². The average Bonchev–Trinajstić information content (AvgIpc) is 2.78. The summed E-state index contributed by atoms with van der Waals surface area (Å²) in [7, 11) is 0. The lowest BCUT2D eigenvalue weighted by atomic mass is 10.1. The van der Waals surface area contributed by atoms with Crippen LogP contribution in [-0.4, -0.2) is 46.5 Å². The summed E-state index contributed by atoms with van der Waals surface area (Å²) in [4.78, 5) is 6.71. The lowest BCUT2D eigenvalue weighted by Crippen LogP contribution is -2.28. The minimum atomic E-state index is 0.277. The molecule has 3 N–H and O–H groups in total. The molecule has 3 rings (SSSR count). The fraction of sp³-hybridized carbons (Fsp3) is 0.429. The second-order valence-electron chi connectivity index (χ2n) is 5.08. The third kappa shape index (κ3) is 2.60. The van der Waals surface area contributed by atoms with Gasteiger partial charge in [-0.15, -0.1) is 5.10 Å². The monoisotopic (exact) mass is 273 g/mol. The number of phenolic OH excluding ortho intramolecular Hbond substituents is 1. The van der Waals surface area contributed by atoms with Crippen LogP contribution < -0.4 is 10.2 Å². The number of aromatic nitrogens is 3. The number of hydrogen-bond donors (Lipinski definition) is 3. The molecule has 1 saturated heterocycles. The SMILES string of the molecule is Cc1ccc(-c2nc(N3CCCNCC3)n[nH]2)cc1O. The number of nitrogens with one attached hydrogen (secondary N) is 2. The first kappa shape index (κ1) is 12.9. The molecule has 106 valence electrons. The van der Waals surface area contributed by atoms with Crippen molar-refractivity contribution in [1.29, 1.82) is 0 Å². The van der Waals surface area contributed by atoms with E-state index in [-0.39, 0.29) is 5.75 Å². The fourth-order valence-electron chi connectivity index (χ4n) is 2.33. The van der Waals surface area contributed by atoms with Crippen molar-refractivity contribution in [1.82, 2.24) is 20.5 Å². The predicted molar refractivity (Wildman–Crippen MR) is 77.9 cm³/mol. The maximum absolute atomic E-state index is 9.77. The molecule has 0 unspecified atom stereocenters. The molecular weight excluding hydrogens is 254 g/mol. The van der Waals surface area contributed by atoms with Crippen molar-refractivity contribution in [3.05, 3.63) is 23.8 Å². The molecule has 20 heavy (non-hydrogen) atoms. The van der Waals surface area contributed by atoms with E-state index in [0.717, 1.165) is 49.7 Å². The molecule has 1 aromatic heterocycles. The third-order valence-electron chi connectivity index (χ3n) is 3.58. The molecule has 1 fully saturated rings. The standard InChI is InChI=1S/C14H19N5O/c1-10-3-4-11(9-12(10)20)13-16-14(18-17-13)19-7-2-5-15-6-8-19/h3-4,9,15,20H,2,5-8H2,1H3,(H,16,17,18). The lowest BCUT2D eigenvalue weighted by molar-refractivity contribution is 0.471. The van der Waals surface area contributed by atoms with Gasteiger partial charge < -0.3 is 15.3 Å². The molecule has 0 aliphatic carbocycles. The number of hydrogen-bond acceptors (Lipinski definition) is 5. The summed E-state index contributed by atoms with van der Waals surface area (Å²) in [6, 6.07) is 5.52. The minimum absolute atomic E-state index is 0.277. The largest absolute Gasteiger partial charge is 0.508 e. The Balaban J connectivity index is 1.83. The first-order chi connectivity index (χ1) is 9.74. The van der Waals surface area contributed by atoms with Crippen LogP contribution in [0.25, 0.3) is 11.4 Å². The zero-order valence-electron chi connectivity index (χ0n) is 11.6. The van der Waals surface area contributed by atoms with Crippen molar-refractivity contribution in [2.24, 2.45) is 0 Å². The van der Waals surface area contributed by atoms with Crippen LogP contribution in [0.2, 0.25) is 0 Å². The van der Waals surface area contributed by atoms with Crippen LogP contribution in [0.15, 0.2) is 18.2 Å². The van der Waals surface area contributed by atoms with Crippen LogP contribution >= 0.6 is 0 Å². The number of anilines is 1. The van der Waals surface area contributed by atoms with E-state index in [0.29, 0.717) is 5.82 Å². The molecule has 0 radical (unpaired) electrons. The zero-order valence-corrected chi connectivity index (χ0v) is 11.6. The Bertz CT molecular complexity index is 587.